The molecular formula is C10H7IN2O2S. The monoisotopic (exact) mass is 346 g/mol. The molecule has 6 heteroatoms. The molecular weight excluding hydrogens is 339 g/mol. The number of halogens is 1. The number of hydrogen-bond donors (Lipinski definition) is 0. The molecule has 0 N–H and O–H groups in total. The number of para-hydroxylation sites is 1. The van der Waals surface area contributed by atoms with Crippen molar-refractivity contribution < 1.29 is 9.53 Å². The maximum atomic E-state index is 10.4. The van der Waals surface area contributed by atoms with E-state index in [-0.39, 0.29) is 0 Å². The van der Waals surface area contributed by atoms with Crippen molar-refractivity contribution >= 4 is 40.6 Å². The van der Waals surface area contributed by atoms with Crippen LogP contribution in [0.15, 0.2) is 24.3 Å². The molecule has 0 amide bonds. The zero-order valence-electron chi connectivity index (χ0n) is 8.09. The van der Waals surface area contributed by atoms with Gasteiger partial charge in [-0.3, -0.25) is 4.79 Å². The Bertz CT molecular complexity index is 501. The smallest absolute Gasteiger partial charge is 0.298 e. The SMILES string of the molecule is O=COc1ccccc1-c1snnc1CI. The molecule has 0 saturated carbocycles. The van der Waals surface area contributed by atoms with Crippen LogP contribution in [0.1, 0.15) is 5.69 Å². The molecule has 1 heterocycles. The van der Waals surface area contributed by atoms with Gasteiger partial charge in [0.25, 0.3) is 6.47 Å². The van der Waals surface area contributed by atoms with E-state index < -0.39 is 0 Å². The van der Waals surface area contributed by atoms with E-state index in [1.165, 1.54) is 11.5 Å². The zero-order chi connectivity index (χ0) is 11.4. The van der Waals surface area contributed by atoms with Crippen LogP contribution in [0.2, 0.25) is 0 Å². The zero-order valence-corrected chi connectivity index (χ0v) is 11.1. The van der Waals surface area contributed by atoms with E-state index in [1.54, 1.807) is 6.07 Å². The van der Waals surface area contributed by atoms with Crippen molar-refractivity contribution in [3.05, 3.63) is 30.0 Å². The van der Waals surface area contributed by atoms with Crippen molar-refractivity contribution in [3.8, 4) is 16.2 Å². The lowest BCUT2D eigenvalue weighted by atomic mass is 10.1. The Balaban J connectivity index is 2.50. The quantitative estimate of drug-likeness (QED) is 0.485. The molecule has 2 rings (SSSR count). The van der Waals surface area contributed by atoms with E-state index >= 15 is 0 Å². The van der Waals surface area contributed by atoms with E-state index in [0.29, 0.717) is 12.2 Å². The summed E-state index contributed by atoms with van der Waals surface area (Å²) in [5.41, 5.74) is 1.77. The summed E-state index contributed by atoms with van der Waals surface area (Å²) in [5, 5.41) is 4.03. The second-order valence-electron chi connectivity index (χ2n) is 2.89. The highest BCUT2D eigenvalue weighted by Crippen LogP contribution is 2.34. The molecule has 2 aromatic rings. The van der Waals surface area contributed by atoms with Gasteiger partial charge >= 0.3 is 0 Å². The molecule has 0 fully saturated rings. The first kappa shape index (κ1) is 11.5. The number of alkyl halides is 1. The number of ether oxygens (including phenoxy) is 1. The third kappa shape index (κ3) is 2.22. The van der Waals surface area contributed by atoms with Crippen LogP contribution < -0.4 is 4.74 Å². The van der Waals surface area contributed by atoms with Crippen LogP contribution in [0.3, 0.4) is 0 Å². The molecule has 0 radical (unpaired) electrons. The van der Waals surface area contributed by atoms with E-state index in [4.69, 9.17) is 4.74 Å². The van der Waals surface area contributed by atoms with Gasteiger partial charge in [0.05, 0.1) is 10.6 Å². The summed E-state index contributed by atoms with van der Waals surface area (Å²) in [6, 6.07) is 7.36. The first-order chi connectivity index (χ1) is 7.86. The predicted octanol–water partition coefficient (Wildman–Crippen LogP) is 2.68. The minimum atomic E-state index is 0.428. The summed E-state index contributed by atoms with van der Waals surface area (Å²) >= 11 is 3.53. The minimum Gasteiger partial charge on any atom is -0.428 e. The highest BCUT2D eigenvalue weighted by Gasteiger charge is 2.13. The average Bonchev–Trinajstić information content (AvgIpc) is 2.78. The predicted molar refractivity (Wildman–Crippen MR) is 69.8 cm³/mol. The van der Waals surface area contributed by atoms with Gasteiger partial charge in [0.1, 0.15) is 5.75 Å². The van der Waals surface area contributed by atoms with Crippen LogP contribution in [0.25, 0.3) is 10.4 Å². The number of nitrogens with zero attached hydrogens (tertiary/aromatic N) is 2. The van der Waals surface area contributed by atoms with Crippen molar-refractivity contribution in [2.45, 2.75) is 4.43 Å². The van der Waals surface area contributed by atoms with E-state index in [2.05, 4.69) is 32.2 Å². The summed E-state index contributed by atoms with van der Waals surface area (Å²) in [5.74, 6) is 0.537. The number of rotatable bonds is 4. The molecule has 1 aromatic heterocycles. The van der Waals surface area contributed by atoms with Gasteiger partial charge in [-0.05, 0) is 23.7 Å². The molecule has 0 bridgehead atoms. The van der Waals surface area contributed by atoms with Gasteiger partial charge in [0, 0.05) is 9.99 Å². The largest absolute Gasteiger partial charge is 0.428 e. The maximum absolute atomic E-state index is 10.4. The molecule has 0 aliphatic heterocycles. The van der Waals surface area contributed by atoms with Crippen molar-refractivity contribution in [1.29, 1.82) is 0 Å². The molecule has 16 heavy (non-hydrogen) atoms. The first-order valence-electron chi connectivity index (χ1n) is 4.43. The summed E-state index contributed by atoms with van der Waals surface area (Å²) in [6.45, 7) is 0.428. The Morgan fingerprint density at radius 3 is 3.00 bits per heavy atom. The van der Waals surface area contributed by atoms with Crippen LogP contribution in [-0.4, -0.2) is 16.1 Å². The molecule has 82 valence electrons. The maximum Gasteiger partial charge on any atom is 0.298 e. The Morgan fingerprint density at radius 1 is 1.44 bits per heavy atom. The Hall–Kier alpha value is -1.02. The lowest BCUT2D eigenvalue weighted by Crippen LogP contribution is -1.91. The van der Waals surface area contributed by atoms with Crippen molar-refractivity contribution in [2.75, 3.05) is 0 Å². The third-order valence-electron chi connectivity index (χ3n) is 1.99. The van der Waals surface area contributed by atoms with Crippen LogP contribution >= 0.6 is 34.1 Å². The Labute approximate surface area is 110 Å². The summed E-state index contributed by atoms with van der Waals surface area (Å²) in [6.07, 6.45) is 0. The molecule has 0 unspecified atom stereocenters. The summed E-state index contributed by atoms with van der Waals surface area (Å²) in [7, 11) is 0. The average molecular weight is 346 g/mol. The number of carbonyl (C=O) groups is 1. The second kappa shape index (κ2) is 5.35. The molecule has 0 aliphatic rings. The normalized spacial score (nSPS) is 10.1. The molecule has 0 atom stereocenters. The summed E-state index contributed by atoms with van der Waals surface area (Å²) in [4.78, 5) is 11.3. The summed E-state index contributed by atoms with van der Waals surface area (Å²) < 4.78 is 9.62. The minimum absolute atomic E-state index is 0.428. The molecule has 0 saturated heterocycles. The van der Waals surface area contributed by atoms with Gasteiger partial charge < -0.3 is 4.74 Å². The van der Waals surface area contributed by atoms with E-state index in [1.807, 2.05) is 18.2 Å². The van der Waals surface area contributed by atoms with Crippen LogP contribution in [0.4, 0.5) is 0 Å². The highest BCUT2D eigenvalue weighted by molar-refractivity contribution is 14.1. The first-order valence-corrected chi connectivity index (χ1v) is 6.73. The molecule has 0 spiro atoms. The van der Waals surface area contributed by atoms with Gasteiger partial charge in [-0.2, -0.15) is 0 Å². The lowest BCUT2D eigenvalue weighted by Gasteiger charge is -2.04. The Morgan fingerprint density at radius 2 is 2.25 bits per heavy atom. The lowest BCUT2D eigenvalue weighted by molar-refractivity contribution is -0.120. The number of carbonyl (C=O) groups excluding carboxylic acids is 1. The number of benzene rings is 1. The highest BCUT2D eigenvalue weighted by atomic mass is 127. The van der Waals surface area contributed by atoms with Gasteiger partial charge in [-0.25, -0.2) is 0 Å². The fourth-order valence-corrected chi connectivity index (χ4v) is 2.81. The standard InChI is InChI=1S/C10H7IN2O2S/c11-5-8-10(16-13-12-8)7-3-1-2-4-9(7)15-6-14/h1-4,6H,5H2. The molecule has 0 aliphatic carbocycles. The van der Waals surface area contributed by atoms with Crippen LogP contribution in [0.5, 0.6) is 5.75 Å². The fourth-order valence-electron chi connectivity index (χ4n) is 1.31. The van der Waals surface area contributed by atoms with Crippen molar-refractivity contribution in [3.63, 3.8) is 0 Å². The van der Waals surface area contributed by atoms with Crippen molar-refractivity contribution in [1.82, 2.24) is 9.59 Å². The van der Waals surface area contributed by atoms with Gasteiger partial charge in [-0.1, -0.05) is 39.2 Å². The Kier molecular flexibility index (Phi) is 3.83. The number of aromatic nitrogens is 2. The van der Waals surface area contributed by atoms with Crippen molar-refractivity contribution in [2.24, 2.45) is 0 Å². The van der Waals surface area contributed by atoms with Gasteiger partial charge in [0.2, 0.25) is 0 Å². The third-order valence-corrected chi connectivity index (χ3v) is 3.51. The fraction of sp³-hybridized carbons (Fsp3) is 0.100. The molecule has 1 aromatic carbocycles. The van der Waals surface area contributed by atoms with Gasteiger partial charge in [0.15, 0.2) is 0 Å². The van der Waals surface area contributed by atoms with E-state index in [0.717, 1.165) is 20.6 Å². The topological polar surface area (TPSA) is 52.1 Å². The van der Waals surface area contributed by atoms with Gasteiger partial charge in [-0.15, -0.1) is 5.10 Å². The molecule has 4 nitrogen and oxygen atoms in total. The van der Waals surface area contributed by atoms with E-state index in [9.17, 15) is 4.79 Å². The van der Waals surface area contributed by atoms with Crippen LogP contribution in [0, 0.1) is 0 Å². The van der Waals surface area contributed by atoms with Crippen LogP contribution in [-0.2, 0) is 9.22 Å². The number of hydrogen-bond acceptors (Lipinski definition) is 5. The second-order valence-corrected chi connectivity index (χ2v) is 4.41.